The van der Waals surface area contributed by atoms with E-state index in [4.69, 9.17) is 31.4 Å². The Hall–Kier alpha value is -6.59. The number of aliphatic hydroxyl groups is 5. The molecule has 7 aliphatic rings. The van der Waals surface area contributed by atoms with Gasteiger partial charge in [0, 0.05) is 79.3 Å². The minimum absolute atomic E-state index is 0.0278. The molecule has 1 saturated heterocycles. The number of phenols is 1. The first-order valence-electron chi connectivity index (χ1n) is 24.7. The third-order valence-corrected chi connectivity index (χ3v) is 15.8. The number of dihydropyridines is 2. The molecule has 0 spiro atoms. The first-order valence-corrected chi connectivity index (χ1v) is 24.7. The van der Waals surface area contributed by atoms with E-state index < -0.39 is 90.5 Å². The molecule has 21 heteroatoms. The lowest BCUT2D eigenvalue weighted by atomic mass is 9.65. The molecule has 0 aromatic heterocycles. The van der Waals surface area contributed by atoms with Crippen LogP contribution in [0.5, 0.6) is 17.2 Å². The molecule has 9 rings (SSSR count). The van der Waals surface area contributed by atoms with Crippen LogP contribution in [0.3, 0.4) is 0 Å². The highest BCUT2D eigenvalue weighted by Crippen LogP contribution is 2.57. The van der Waals surface area contributed by atoms with E-state index in [1.165, 1.54) is 20.2 Å². The highest BCUT2D eigenvalue weighted by Gasteiger charge is 2.57. The molecule has 0 radical (unpaired) electrons. The summed E-state index contributed by atoms with van der Waals surface area (Å²) in [5, 5.41) is 79.6. The second kappa shape index (κ2) is 20.4. The number of ketones is 2. The molecule has 1 unspecified atom stereocenters. The smallest absolute Gasteiger partial charge is 0.253 e. The molecule has 2 aromatic carbocycles. The van der Waals surface area contributed by atoms with Crippen LogP contribution >= 0.6 is 0 Å². The predicted molar refractivity (Wildman–Crippen MR) is 264 cm³/mol. The van der Waals surface area contributed by atoms with Crippen LogP contribution in [-0.2, 0) is 27.2 Å². The van der Waals surface area contributed by atoms with Crippen molar-refractivity contribution >= 4 is 29.3 Å². The van der Waals surface area contributed by atoms with Gasteiger partial charge in [0.2, 0.25) is 12.1 Å². The van der Waals surface area contributed by atoms with Crippen LogP contribution in [0.25, 0.3) is 0 Å². The summed E-state index contributed by atoms with van der Waals surface area (Å²) in [5.74, 6) is -4.31. The summed E-state index contributed by atoms with van der Waals surface area (Å²) < 4.78 is 18.3. The first-order chi connectivity index (χ1) is 35.0. The van der Waals surface area contributed by atoms with Crippen molar-refractivity contribution in [2.24, 2.45) is 39.9 Å². The molecule has 2 aromatic rings. The zero-order chi connectivity index (χ0) is 52.2. The number of amides is 2. The number of aromatic hydroxyl groups is 1. The van der Waals surface area contributed by atoms with Gasteiger partial charge in [-0.2, -0.15) is 0 Å². The maximum Gasteiger partial charge on any atom is 0.253 e. The Morgan fingerprint density at radius 1 is 1.03 bits per heavy atom. The summed E-state index contributed by atoms with van der Waals surface area (Å²) in [6.45, 7) is 0.759. The topological polar surface area (TPSA) is 347 Å². The fraction of sp³-hybridized carbons (Fsp3) is 0.481. The van der Waals surface area contributed by atoms with Crippen LogP contribution in [0.4, 0.5) is 0 Å². The van der Waals surface area contributed by atoms with Crippen molar-refractivity contribution in [2.45, 2.75) is 100 Å². The number of hydrogen-bond acceptors (Lipinski definition) is 18. The highest BCUT2D eigenvalue weighted by atomic mass is 16.7. The van der Waals surface area contributed by atoms with E-state index in [1.807, 2.05) is 18.4 Å². The molecule has 390 valence electrons. The number of methoxy groups -OCH3 is 1. The zero-order valence-electron chi connectivity index (χ0n) is 40.8. The lowest BCUT2D eigenvalue weighted by Gasteiger charge is -2.49. The van der Waals surface area contributed by atoms with Gasteiger partial charge < -0.3 is 78.0 Å². The Labute approximate surface area is 421 Å². The van der Waals surface area contributed by atoms with E-state index >= 15 is 9.59 Å². The van der Waals surface area contributed by atoms with Crippen LogP contribution in [0.1, 0.15) is 105 Å². The van der Waals surface area contributed by atoms with Crippen molar-refractivity contribution in [2.75, 3.05) is 40.5 Å². The monoisotopic (exact) mass is 1010 g/mol. The van der Waals surface area contributed by atoms with Gasteiger partial charge in [0.1, 0.15) is 41.2 Å². The predicted octanol–water partition coefficient (Wildman–Crippen LogP) is -0.110. The zero-order valence-corrected chi connectivity index (χ0v) is 40.8. The van der Waals surface area contributed by atoms with Gasteiger partial charge in [-0.15, -0.1) is 0 Å². The van der Waals surface area contributed by atoms with E-state index in [-0.39, 0.29) is 89.4 Å². The fourth-order valence-corrected chi connectivity index (χ4v) is 12.3. The molecule has 73 heavy (non-hydrogen) atoms. The second-order valence-corrected chi connectivity index (χ2v) is 19.7. The molecule has 11 atom stereocenters. The maximum atomic E-state index is 15.7. The summed E-state index contributed by atoms with van der Waals surface area (Å²) in [4.78, 5) is 61.8. The van der Waals surface area contributed by atoms with E-state index in [9.17, 15) is 40.2 Å². The van der Waals surface area contributed by atoms with Crippen molar-refractivity contribution in [1.82, 2.24) is 20.9 Å². The van der Waals surface area contributed by atoms with Gasteiger partial charge in [-0.3, -0.25) is 29.1 Å². The van der Waals surface area contributed by atoms with E-state index in [0.717, 1.165) is 22.6 Å². The molecule has 2 amide bonds. The van der Waals surface area contributed by atoms with Gasteiger partial charge in [0.15, 0.2) is 11.7 Å². The third-order valence-electron chi connectivity index (χ3n) is 15.8. The number of carbonyl (C=O) groups is 4. The molecule has 4 aliphatic heterocycles. The van der Waals surface area contributed by atoms with E-state index in [0.29, 0.717) is 59.9 Å². The molecule has 0 bridgehead atoms. The van der Waals surface area contributed by atoms with Crippen molar-refractivity contribution in [3.05, 3.63) is 110 Å². The molecule has 1 fully saturated rings. The Kier molecular flexibility index (Phi) is 14.3. The number of hydrogen-bond donors (Lipinski definition) is 12. The fourth-order valence-electron chi connectivity index (χ4n) is 12.3. The molecular weight excluding hydrogens is 945 g/mol. The van der Waals surface area contributed by atoms with E-state index in [1.54, 1.807) is 19.1 Å². The van der Waals surface area contributed by atoms with Crippen LogP contribution in [-0.4, -0.2) is 142 Å². The van der Waals surface area contributed by atoms with Crippen LogP contribution in [0, 0.1) is 17.8 Å². The SMILES string of the molecule is CCc1c(OC)cc(O[C@@H]2O[C@H](CO)[C@](O)(C[C@H](CN3C(=O)C=CC3=O)C3=CCNC(N)=C3)[C@H](O)[C@H]2O)c2c1C(=O)c1c3c4c(c(O)c1C2=O)[C@H](NC(N)=NC)CC[C@H]4[C@H](C1=CNC(N)C=C1)[C@@H](CCO)CC3. The third kappa shape index (κ3) is 8.85. The van der Waals surface area contributed by atoms with Gasteiger partial charge in [-0.25, -0.2) is 0 Å². The van der Waals surface area contributed by atoms with Gasteiger partial charge in [-0.1, -0.05) is 19.1 Å². The average molecular weight is 1010 g/mol. The number of phenolic OH excluding ortho intramolecular Hbond substituents is 1. The van der Waals surface area contributed by atoms with Crippen LogP contribution in [0.15, 0.2) is 70.7 Å². The molecule has 21 nitrogen and oxygen atoms in total. The van der Waals surface area contributed by atoms with Crippen LogP contribution in [0.2, 0.25) is 0 Å². The number of aliphatic hydroxyl groups excluding tert-OH is 4. The highest BCUT2D eigenvalue weighted by molar-refractivity contribution is 6.31. The lowest BCUT2D eigenvalue weighted by Crippen LogP contribution is -2.68. The number of nitrogens with one attached hydrogen (secondary N) is 3. The molecule has 15 N–H and O–H groups in total. The number of allylic oxidation sites excluding steroid dienone is 3. The largest absolute Gasteiger partial charge is 0.507 e. The van der Waals surface area contributed by atoms with E-state index in [2.05, 4.69) is 20.9 Å². The summed E-state index contributed by atoms with van der Waals surface area (Å²) in [7, 11) is 2.89. The summed E-state index contributed by atoms with van der Waals surface area (Å²) in [6, 6.07) is 0.699. The van der Waals surface area contributed by atoms with Crippen molar-refractivity contribution in [3.8, 4) is 17.2 Å². The number of ether oxygens (including phenoxy) is 3. The van der Waals surface area contributed by atoms with Gasteiger partial charge in [0.05, 0.1) is 42.9 Å². The summed E-state index contributed by atoms with van der Waals surface area (Å²) >= 11 is 0. The lowest BCUT2D eigenvalue weighted by molar-refractivity contribution is -0.316. The number of imide groups is 1. The standard InChI is InChI=1S/C52H64N8O13/c1-4-27-31(71-3)18-32(72-50-48(68)49(69)52(70,33(22-62)73-50)19-26(24-13-15-57-35(54)17-24)21-60-36(63)11-12-37(60)64)43-40(27)45(65)41-29-7-5-23(14-16-61)38(25-6-10-34(53)58-20-25)28-8-9-30(59-51(55)56-2)42(39(28)29)46(66)44(41)47(43)67/h6,10-13,17-18,20,23,26,28,30,33-34,38,48-50,57-58,61-62,66,68-70H,4-5,7-9,14-16,19,21-22,53-54H2,1-3H3,(H3,55,56,59)/t23-,26-,28+,30-,33-,34?,38+,48-,49-,50-,52-/m1/s1. The minimum Gasteiger partial charge on any atom is -0.507 e. The van der Waals surface area contributed by atoms with Gasteiger partial charge >= 0.3 is 0 Å². The normalized spacial score (nSPS) is 30.0. The minimum atomic E-state index is -2.46. The Morgan fingerprint density at radius 3 is 2.41 bits per heavy atom. The van der Waals surface area contributed by atoms with Gasteiger partial charge in [0.25, 0.3) is 11.8 Å². The Bertz CT molecular complexity index is 2780. The maximum absolute atomic E-state index is 15.7. The van der Waals surface area contributed by atoms with Gasteiger partial charge in [-0.05, 0) is 97.1 Å². The number of carbonyl (C=O) groups excluding carboxylic acids is 4. The van der Waals surface area contributed by atoms with Crippen molar-refractivity contribution in [1.29, 1.82) is 0 Å². The molecular formula is C52H64N8O13. The second-order valence-electron chi connectivity index (χ2n) is 19.7. The number of rotatable bonds is 14. The molecule has 0 saturated carbocycles. The number of guanidine groups is 1. The summed E-state index contributed by atoms with van der Waals surface area (Å²) in [5.41, 5.74) is 19.0. The van der Waals surface area contributed by atoms with Crippen molar-refractivity contribution < 1.29 is 64.0 Å². The number of fused-ring (bicyclic) bond motifs is 3. The molecule has 3 aliphatic carbocycles. The summed E-state index contributed by atoms with van der Waals surface area (Å²) in [6.07, 6.45) is 5.03. The number of aliphatic imine (C=N–C) groups is 1. The number of nitrogens with two attached hydrogens (primary N) is 3. The first kappa shape index (κ1) is 51.3. The Morgan fingerprint density at radius 2 is 1.77 bits per heavy atom. The number of nitrogens with zero attached hydrogens (tertiary/aromatic N) is 2. The molecule has 4 heterocycles. The average Bonchev–Trinajstić information content (AvgIpc) is 3.60. The number of benzene rings is 2. The Balaban J connectivity index is 1.13. The quantitative estimate of drug-likeness (QED) is 0.0569. The van der Waals surface area contributed by atoms with Crippen LogP contribution < -0.4 is 42.6 Å². The van der Waals surface area contributed by atoms with Crippen molar-refractivity contribution in [3.63, 3.8) is 0 Å².